The summed E-state index contributed by atoms with van der Waals surface area (Å²) in [5.41, 5.74) is 1.63. The molecule has 136 valence electrons. The van der Waals surface area contributed by atoms with Crippen molar-refractivity contribution in [2.24, 2.45) is 0 Å². The van der Waals surface area contributed by atoms with Gasteiger partial charge in [-0.05, 0) is 43.9 Å². The zero-order valence-electron chi connectivity index (χ0n) is 14.5. The van der Waals surface area contributed by atoms with E-state index in [1.807, 2.05) is 26.0 Å². The molecule has 1 atom stereocenters. The molecule has 1 aromatic rings. The summed E-state index contributed by atoms with van der Waals surface area (Å²) >= 11 is 12.8. The fraction of sp³-hybridized carbons (Fsp3) is 0.500. The molecule has 7 heteroatoms. The molecule has 1 heterocycles. The van der Waals surface area contributed by atoms with Crippen LogP contribution in [0.5, 0.6) is 0 Å². The number of hydrogen-bond donors (Lipinski definition) is 1. The highest BCUT2D eigenvalue weighted by molar-refractivity contribution is 8.24. The third kappa shape index (κ3) is 5.43. The minimum Gasteiger partial charge on any atom is -0.326 e. The average molecular weight is 399 g/mol. The summed E-state index contributed by atoms with van der Waals surface area (Å²) in [5.74, 6) is 0.117. The monoisotopic (exact) mass is 398 g/mol. The Morgan fingerprint density at radius 2 is 2.12 bits per heavy atom. The molecule has 0 aromatic heterocycles. The number of nitrogens with zero attached hydrogens (tertiary/aromatic N) is 1. The van der Waals surface area contributed by atoms with Gasteiger partial charge in [-0.2, -0.15) is 0 Å². The number of rotatable bonds is 8. The zero-order valence-corrected chi connectivity index (χ0v) is 16.9. The van der Waals surface area contributed by atoms with E-state index in [0.29, 0.717) is 22.3 Å². The molecule has 2 rings (SSSR count). The van der Waals surface area contributed by atoms with Gasteiger partial charge in [-0.1, -0.05) is 55.0 Å². The van der Waals surface area contributed by atoms with Crippen molar-refractivity contribution in [3.63, 3.8) is 0 Å². The highest BCUT2D eigenvalue weighted by atomic mass is 35.5. The molecule has 1 N–H and O–H groups in total. The van der Waals surface area contributed by atoms with Crippen molar-refractivity contribution in [3.05, 3.63) is 28.8 Å². The summed E-state index contributed by atoms with van der Waals surface area (Å²) in [6.45, 7) is 4.54. The zero-order chi connectivity index (χ0) is 18.4. The summed E-state index contributed by atoms with van der Waals surface area (Å²) in [6.07, 6.45) is 3.78. The van der Waals surface area contributed by atoms with E-state index in [-0.39, 0.29) is 17.1 Å². The minimum absolute atomic E-state index is 0.0141. The van der Waals surface area contributed by atoms with E-state index in [4.69, 9.17) is 23.8 Å². The largest absolute Gasteiger partial charge is 0.326 e. The first kappa shape index (κ1) is 20.2. The van der Waals surface area contributed by atoms with Gasteiger partial charge in [0.25, 0.3) is 0 Å². The molecule has 0 bridgehead atoms. The SMILES string of the molecule is CCC1SC(=S)N(CCCCCC(=O)Nc2cccc(Cl)c2C)C1=O. The number of benzene rings is 1. The van der Waals surface area contributed by atoms with Crippen molar-refractivity contribution < 1.29 is 9.59 Å². The molecule has 1 aromatic carbocycles. The number of nitrogens with one attached hydrogen (secondary N) is 1. The van der Waals surface area contributed by atoms with Gasteiger partial charge in [-0.3, -0.25) is 14.5 Å². The van der Waals surface area contributed by atoms with Crippen LogP contribution >= 0.6 is 35.6 Å². The van der Waals surface area contributed by atoms with E-state index in [9.17, 15) is 9.59 Å². The number of unbranched alkanes of at least 4 members (excludes halogenated alkanes) is 2. The van der Waals surface area contributed by atoms with Crippen molar-refractivity contribution in [3.8, 4) is 0 Å². The van der Waals surface area contributed by atoms with Crippen molar-refractivity contribution in [2.75, 3.05) is 11.9 Å². The quantitative estimate of drug-likeness (QED) is 0.505. The Balaban J connectivity index is 1.68. The van der Waals surface area contributed by atoms with Crippen LogP contribution in [0.25, 0.3) is 0 Å². The average Bonchev–Trinajstić information content (AvgIpc) is 2.86. The summed E-state index contributed by atoms with van der Waals surface area (Å²) in [4.78, 5) is 25.9. The Morgan fingerprint density at radius 3 is 2.80 bits per heavy atom. The molecule has 1 aliphatic heterocycles. The number of carbonyl (C=O) groups is 2. The van der Waals surface area contributed by atoms with Crippen LogP contribution in [-0.4, -0.2) is 32.8 Å². The normalized spacial score (nSPS) is 17.2. The molecule has 1 aliphatic rings. The van der Waals surface area contributed by atoms with Crippen LogP contribution in [0.1, 0.15) is 44.6 Å². The number of anilines is 1. The Hall–Kier alpha value is -1.11. The maximum atomic E-state index is 12.1. The first-order valence-electron chi connectivity index (χ1n) is 8.51. The lowest BCUT2D eigenvalue weighted by Crippen LogP contribution is -2.32. The standard InChI is InChI=1S/C18H23ClN2O2S2/c1-3-15-17(23)21(18(24)25-15)11-6-4-5-10-16(22)20-14-9-7-8-13(19)12(14)2/h7-9,15H,3-6,10-11H2,1-2H3,(H,20,22). The maximum absolute atomic E-state index is 12.1. The second kappa shape index (κ2) is 9.55. The van der Waals surface area contributed by atoms with Crippen molar-refractivity contribution >= 4 is 57.4 Å². The topological polar surface area (TPSA) is 49.4 Å². The summed E-state index contributed by atoms with van der Waals surface area (Å²) in [5, 5.41) is 3.53. The van der Waals surface area contributed by atoms with E-state index in [0.717, 1.165) is 36.9 Å². The number of carbonyl (C=O) groups excluding carboxylic acids is 2. The molecule has 4 nitrogen and oxygen atoms in total. The van der Waals surface area contributed by atoms with Crippen molar-refractivity contribution in [1.82, 2.24) is 4.90 Å². The van der Waals surface area contributed by atoms with Gasteiger partial charge < -0.3 is 5.32 Å². The lowest BCUT2D eigenvalue weighted by atomic mass is 10.1. The highest BCUT2D eigenvalue weighted by Crippen LogP contribution is 2.29. The minimum atomic E-state index is -0.0146. The van der Waals surface area contributed by atoms with Gasteiger partial charge in [0.05, 0.1) is 5.25 Å². The molecular formula is C18H23ClN2O2S2. The van der Waals surface area contributed by atoms with Crippen molar-refractivity contribution in [2.45, 2.75) is 51.2 Å². The van der Waals surface area contributed by atoms with Crippen LogP contribution < -0.4 is 5.32 Å². The molecule has 1 saturated heterocycles. The van der Waals surface area contributed by atoms with Gasteiger partial charge in [-0.25, -0.2) is 0 Å². The molecule has 2 amide bonds. The van der Waals surface area contributed by atoms with E-state index < -0.39 is 0 Å². The summed E-state index contributed by atoms with van der Waals surface area (Å²) in [7, 11) is 0. The lowest BCUT2D eigenvalue weighted by molar-refractivity contribution is -0.126. The molecule has 0 radical (unpaired) electrons. The fourth-order valence-electron chi connectivity index (χ4n) is 2.65. The molecule has 25 heavy (non-hydrogen) atoms. The van der Waals surface area contributed by atoms with Gasteiger partial charge in [0.15, 0.2) is 0 Å². The van der Waals surface area contributed by atoms with Crippen LogP contribution in [0, 0.1) is 6.92 Å². The van der Waals surface area contributed by atoms with Crippen LogP contribution in [0.3, 0.4) is 0 Å². The number of halogens is 1. The lowest BCUT2D eigenvalue weighted by Gasteiger charge is -2.15. The Morgan fingerprint density at radius 1 is 1.36 bits per heavy atom. The van der Waals surface area contributed by atoms with Crippen LogP contribution in [-0.2, 0) is 9.59 Å². The van der Waals surface area contributed by atoms with Gasteiger partial charge in [0.2, 0.25) is 11.8 Å². The van der Waals surface area contributed by atoms with Gasteiger partial charge in [0.1, 0.15) is 4.32 Å². The molecule has 1 unspecified atom stereocenters. The van der Waals surface area contributed by atoms with E-state index in [2.05, 4.69) is 5.32 Å². The van der Waals surface area contributed by atoms with Gasteiger partial charge >= 0.3 is 0 Å². The Kier molecular flexibility index (Phi) is 7.72. The van der Waals surface area contributed by atoms with Crippen molar-refractivity contribution in [1.29, 1.82) is 0 Å². The van der Waals surface area contributed by atoms with Gasteiger partial charge in [0, 0.05) is 23.7 Å². The first-order valence-corrected chi connectivity index (χ1v) is 10.2. The fourth-order valence-corrected chi connectivity index (χ4v) is 4.30. The summed E-state index contributed by atoms with van der Waals surface area (Å²) < 4.78 is 0.686. The Bertz CT molecular complexity index is 666. The number of amides is 2. The predicted molar refractivity (Wildman–Crippen MR) is 109 cm³/mol. The van der Waals surface area contributed by atoms with Gasteiger partial charge in [-0.15, -0.1) is 0 Å². The van der Waals surface area contributed by atoms with E-state index >= 15 is 0 Å². The molecule has 0 aliphatic carbocycles. The van der Waals surface area contributed by atoms with E-state index in [1.165, 1.54) is 11.8 Å². The van der Waals surface area contributed by atoms with Crippen LogP contribution in [0.2, 0.25) is 5.02 Å². The van der Waals surface area contributed by atoms with E-state index in [1.54, 1.807) is 11.0 Å². The maximum Gasteiger partial charge on any atom is 0.241 e. The first-order chi connectivity index (χ1) is 11.9. The number of hydrogen-bond acceptors (Lipinski definition) is 4. The molecule has 1 fully saturated rings. The molecule has 0 spiro atoms. The van der Waals surface area contributed by atoms with Crippen LogP contribution in [0.4, 0.5) is 5.69 Å². The predicted octanol–water partition coefficient (Wildman–Crippen LogP) is 4.79. The second-order valence-corrected chi connectivity index (χ2v) is 8.29. The second-order valence-electron chi connectivity index (χ2n) is 6.04. The third-order valence-electron chi connectivity index (χ3n) is 4.20. The third-order valence-corrected chi connectivity index (χ3v) is 6.36. The number of thioether (sulfide) groups is 1. The number of thiocarbonyl (C=S) groups is 1. The smallest absolute Gasteiger partial charge is 0.241 e. The highest BCUT2D eigenvalue weighted by Gasteiger charge is 2.34. The van der Waals surface area contributed by atoms with Crippen LogP contribution in [0.15, 0.2) is 18.2 Å². The summed E-state index contributed by atoms with van der Waals surface area (Å²) in [6, 6.07) is 5.47. The molecule has 0 saturated carbocycles. The molecular weight excluding hydrogens is 376 g/mol. The Labute approximate surface area is 163 Å².